The van der Waals surface area contributed by atoms with Gasteiger partial charge >= 0.3 is 0 Å². The summed E-state index contributed by atoms with van der Waals surface area (Å²) in [5.41, 5.74) is 0.0144. The maximum absolute atomic E-state index is 11.6. The summed E-state index contributed by atoms with van der Waals surface area (Å²) in [7, 11) is 0. The number of carbonyl (C=O) groups is 3. The summed E-state index contributed by atoms with van der Waals surface area (Å²) in [6, 6.07) is 0. The van der Waals surface area contributed by atoms with Gasteiger partial charge < -0.3 is 4.74 Å². The molecule has 0 aromatic heterocycles. The minimum Gasteiger partial charge on any atom is -0.381 e. The molecule has 0 rings (SSSR count). The maximum Gasteiger partial charge on any atom is 0.135 e. The van der Waals surface area contributed by atoms with E-state index >= 15 is 0 Å². The fourth-order valence-electron chi connectivity index (χ4n) is 2.03. The van der Waals surface area contributed by atoms with Gasteiger partial charge in [-0.1, -0.05) is 34.6 Å². The predicted octanol–water partition coefficient (Wildman–Crippen LogP) is 3.75. The minimum atomic E-state index is 0.0144. The van der Waals surface area contributed by atoms with Crippen LogP contribution in [0.2, 0.25) is 0 Å². The van der Waals surface area contributed by atoms with E-state index < -0.39 is 0 Å². The smallest absolute Gasteiger partial charge is 0.135 e. The summed E-state index contributed by atoms with van der Waals surface area (Å²) in [6.45, 7) is 10.6. The topological polar surface area (TPSA) is 60.4 Å². The van der Waals surface area contributed by atoms with Crippen LogP contribution in [-0.2, 0) is 19.1 Å². The molecular formula is C18H32O4. The first-order chi connectivity index (χ1) is 10.1. The summed E-state index contributed by atoms with van der Waals surface area (Å²) in [6.07, 6.45) is 2.87. The van der Waals surface area contributed by atoms with Crippen LogP contribution in [0.3, 0.4) is 0 Å². The van der Waals surface area contributed by atoms with E-state index in [9.17, 15) is 14.4 Å². The Morgan fingerprint density at radius 2 is 1.41 bits per heavy atom. The normalized spacial score (nSPS) is 11.7. The van der Waals surface area contributed by atoms with Crippen LogP contribution >= 0.6 is 0 Å². The van der Waals surface area contributed by atoms with Crippen molar-refractivity contribution in [3.05, 3.63) is 0 Å². The zero-order chi connectivity index (χ0) is 17.2. The number of hydrogen-bond donors (Lipinski definition) is 0. The molecule has 0 aliphatic heterocycles. The van der Waals surface area contributed by atoms with Gasteiger partial charge in [-0.25, -0.2) is 0 Å². The molecule has 0 aliphatic carbocycles. The molecule has 0 unspecified atom stereocenters. The Labute approximate surface area is 135 Å². The average molecular weight is 312 g/mol. The summed E-state index contributed by atoms with van der Waals surface area (Å²) >= 11 is 0. The van der Waals surface area contributed by atoms with E-state index in [1.807, 2.05) is 34.6 Å². The number of carbonyl (C=O) groups excluding carboxylic acids is 3. The molecule has 0 aromatic carbocycles. The Balaban J connectivity index is 3.57. The highest BCUT2D eigenvalue weighted by atomic mass is 16.5. The van der Waals surface area contributed by atoms with E-state index in [1.54, 1.807) is 0 Å². The van der Waals surface area contributed by atoms with Crippen LogP contribution in [0.5, 0.6) is 0 Å². The molecule has 22 heavy (non-hydrogen) atoms. The molecule has 0 aliphatic rings. The first-order valence-electron chi connectivity index (χ1n) is 8.25. The molecule has 0 N–H and O–H groups in total. The lowest BCUT2D eigenvalue weighted by atomic mass is 9.89. The number of hydrogen-bond acceptors (Lipinski definition) is 4. The van der Waals surface area contributed by atoms with Crippen LogP contribution < -0.4 is 0 Å². The van der Waals surface area contributed by atoms with Crippen LogP contribution in [0.1, 0.15) is 73.1 Å². The highest BCUT2D eigenvalue weighted by molar-refractivity contribution is 5.82. The van der Waals surface area contributed by atoms with Gasteiger partial charge in [0.25, 0.3) is 0 Å². The molecule has 0 bridgehead atoms. The van der Waals surface area contributed by atoms with Gasteiger partial charge in [-0.15, -0.1) is 0 Å². The second kappa shape index (κ2) is 10.7. The Morgan fingerprint density at radius 3 is 1.91 bits per heavy atom. The Hall–Kier alpha value is -1.03. The van der Waals surface area contributed by atoms with Gasteiger partial charge in [0.2, 0.25) is 0 Å². The van der Waals surface area contributed by atoms with E-state index in [4.69, 9.17) is 4.74 Å². The van der Waals surface area contributed by atoms with Crippen LogP contribution in [0.4, 0.5) is 0 Å². The monoisotopic (exact) mass is 312 g/mol. The van der Waals surface area contributed by atoms with Crippen molar-refractivity contribution in [3.63, 3.8) is 0 Å². The van der Waals surface area contributed by atoms with Crippen LogP contribution in [0, 0.1) is 11.3 Å². The van der Waals surface area contributed by atoms with Gasteiger partial charge in [0, 0.05) is 38.0 Å². The zero-order valence-electron chi connectivity index (χ0n) is 14.9. The summed E-state index contributed by atoms with van der Waals surface area (Å²) in [5.74, 6) is 0.578. The molecule has 128 valence electrons. The Morgan fingerprint density at radius 1 is 0.864 bits per heavy atom. The van der Waals surface area contributed by atoms with E-state index in [1.165, 1.54) is 0 Å². The molecule has 0 atom stereocenters. The quantitative estimate of drug-likeness (QED) is 0.515. The predicted molar refractivity (Wildman–Crippen MR) is 87.8 cm³/mol. The molecule has 4 heteroatoms. The summed E-state index contributed by atoms with van der Waals surface area (Å²) in [5, 5.41) is 0. The van der Waals surface area contributed by atoms with E-state index in [-0.39, 0.29) is 28.7 Å². The van der Waals surface area contributed by atoms with Gasteiger partial charge in [-0.3, -0.25) is 14.4 Å². The highest BCUT2D eigenvalue weighted by Gasteiger charge is 2.15. The first-order valence-corrected chi connectivity index (χ1v) is 8.25. The molecule has 0 radical (unpaired) electrons. The fourth-order valence-corrected chi connectivity index (χ4v) is 2.03. The second-order valence-electron chi connectivity index (χ2n) is 7.40. The van der Waals surface area contributed by atoms with Gasteiger partial charge in [0.15, 0.2) is 0 Å². The molecule has 4 nitrogen and oxygen atoms in total. The summed E-state index contributed by atoms with van der Waals surface area (Å²) < 4.78 is 5.35. The van der Waals surface area contributed by atoms with Crippen molar-refractivity contribution in [1.82, 2.24) is 0 Å². The van der Waals surface area contributed by atoms with Crippen molar-refractivity contribution in [2.45, 2.75) is 73.1 Å². The van der Waals surface area contributed by atoms with Crippen molar-refractivity contribution >= 4 is 17.3 Å². The van der Waals surface area contributed by atoms with Crippen molar-refractivity contribution in [2.24, 2.45) is 11.3 Å². The van der Waals surface area contributed by atoms with Gasteiger partial charge in [-0.2, -0.15) is 0 Å². The van der Waals surface area contributed by atoms with Crippen molar-refractivity contribution in [1.29, 1.82) is 0 Å². The lowest BCUT2D eigenvalue weighted by molar-refractivity contribution is -0.122. The molecule has 0 fully saturated rings. The van der Waals surface area contributed by atoms with Crippen LogP contribution in [-0.4, -0.2) is 30.6 Å². The van der Waals surface area contributed by atoms with E-state index in [0.717, 1.165) is 0 Å². The highest BCUT2D eigenvalue weighted by Crippen LogP contribution is 2.19. The third-order valence-corrected chi connectivity index (χ3v) is 3.30. The van der Waals surface area contributed by atoms with Crippen molar-refractivity contribution in [3.8, 4) is 0 Å². The second-order valence-corrected chi connectivity index (χ2v) is 7.40. The molecular weight excluding hydrogens is 280 g/mol. The fraction of sp³-hybridized carbons (Fsp3) is 0.833. The number of ether oxygens (including phenoxy) is 1. The molecule has 0 saturated carbocycles. The minimum absolute atomic E-state index is 0.0144. The van der Waals surface area contributed by atoms with Crippen LogP contribution in [0.25, 0.3) is 0 Å². The van der Waals surface area contributed by atoms with Crippen LogP contribution in [0.15, 0.2) is 0 Å². The van der Waals surface area contributed by atoms with Gasteiger partial charge in [0.1, 0.15) is 17.3 Å². The number of rotatable bonds is 12. The van der Waals surface area contributed by atoms with E-state index in [0.29, 0.717) is 51.7 Å². The molecule has 0 spiro atoms. The standard InChI is InChI=1S/C18H32O4/c1-14(2)17(21)8-6-7-15(19)9-11-22-12-10-16(20)13-18(3,4)5/h14H,6-13H2,1-5H3. The van der Waals surface area contributed by atoms with Gasteiger partial charge in [0.05, 0.1) is 13.2 Å². The Bertz CT molecular complexity index is 364. The third-order valence-electron chi connectivity index (χ3n) is 3.30. The number of ketones is 3. The van der Waals surface area contributed by atoms with Gasteiger partial charge in [-0.05, 0) is 11.8 Å². The lowest BCUT2D eigenvalue weighted by Gasteiger charge is -2.16. The third kappa shape index (κ3) is 12.7. The Kier molecular flexibility index (Phi) is 10.2. The molecule has 0 saturated heterocycles. The van der Waals surface area contributed by atoms with E-state index in [2.05, 4.69) is 0 Å². The SMILES string of the molecule is CC(C)C(=O)CCCC(=O)CCOCCC(=O)CC(C)(C)C. The molecule has 0 aromatic rings. The van der Waals surface area contributed by atoms with Crippen molar-refractivity contribution in [2.75, 3.05) is 13.2 Å². The first kappa shape index (κ1) is 21.0. The van der Waals surface area contributed by atoms with Crippen molar-refractivity contribution < 1.29 is 19.1 Å². The lowest BCUT2D eigenvalue weighted by Crippen LogP contribution is -2.15. The average Bonchev–Trinajstić information content (AvgIpc) is 2.35. The largest absolute Gasteiger partial charge is 0.381 e. The molecule has 0 heterocycles. The number of Topliss-reactive ketones (excluding diaryl/α,β-unsaturated/α-hetero) is 3. The summed E-state index contributed by atoms with van der Waals surface area (Å²) in [4.78, 5) is 34.7. The zero-order valence-corrected chi connectivity index (χ0v) is 14.9. The molecule has 0 amide bonds. The maximum atomic E-state index is 11.6.